The topological polar surface area (TPSA) is 69.7 Å². The van der Waals surface area contributed by atoms with E-state index in [1.54, 1.807) is 25.4 Å². The van der Waals surface area contributed by atoms with Gasteiger partial charge in [0.05, 0.1) is 18.3 Å². The summed E-state index contributed by atoms with van der Waals surface area (Å²) in [4.78, 5) is 17.2. The van der Waals surface area contributed by atoms with Crippen molar-refractivity contribution < 1.29 is 19.0 Å². The van der Waals surface area contributed by atoms with Gasteiger partial charge >= 0.3 is 0 Å². The minimum absolute atomic E-state index is 0.299. The summed E-state index contributed by atoms with van der Waals surface area (Å²) < 4.78 is 17.0. The Bertz CT molecular complexity index is 973. The summed E-state index contributed by atoms with van der Waals surface area (Å²) in [5, 5.41) is 3.78. The molecule has 0 bridgehead atoms. The number of fused-ring (bicyclic) bond motifs is 2. The number of hydrogen-bond donors (Lipinski definition) is 1. The SMILES string of the molecule is COc1cc(NC(=O)C2Oc3ccccc3OC2C)c2ncccc2c1. The molecule has 1 aliphatic rings. The number of amides is 1. The minimum Gasteiger partial charge on any atom is -0.497 e. The van der Waals surface area contributed by atoms with E-state index in [1.807, 2.05) is 43.3 Å². The lowest BCUT2D eigenvalue weighted by molar-refractivity contribution is -0.128. The van der Waals surface area contributed by atoms with E-state index in [2.05, 4.69) is 10.3 Å². The molecule has 2 unspecified atom stereocenters. The van der Waals surface area contributed by atoms with Crippen LogP contribution in [0.3, 0.4) is 0 Å². The molecule has 0 aliphatic carbocycles. The van der Waals surface area contributed by atoms with Crippen LogP contribution in [0.25, 0.3) is 10.9 Å². The van der Waals surface area contributed by atoms with Crippen molar-refractivity contribution in [1.29, 1.82) is 0 Å². The van der Waals surface area contributed by atoms with Crippen molar-refractivity contribution in [2.24, 2.45) is 0 Å². The lowest BCUT2D eigenvalue weighted by Crippen LogP contribution is -2.46. The lowest BCUT2D eigenvalue weighted by atomic mass is 10.1. The number of carbonyl (C=O) groups excluding carboxylic acids is 1. The van der Waals surface area contributed by atoms with Crippen molar-refractivity contribution in [1.82, 2.24) is 4.98 Å². The molecule has 0 fully saturated rings. The number of hydrogen-bond acceptors (Lipinski definition) is 5. The van der Waals surface area contributed by atoms with E-state index >= 15 is 0 Å². The highest BCUT2D eigenvalue weighted by atomic mass is 16.6. The molecule has 1 aliphatic heterocycles. The first-order chi connectivity index (χ1) is 12.7. The molecule has 0 radical (unpaired) electrons. The molecule has 132 valence electrons. The van der Waals surface area contributed by atoms with Gasteiger partial charge in [0.2, 0.25) is 6.10 Å². The van der Waals surface area contributed by atoms with Crippen LogP contribution in [-0.4, -0.2) is 30.2 Å². The molecule has 0 spiro atoms. The summed E-state index contributed by atoms with van der Waals surface area (Å²) in [6, 6.07) is 14.7. The first-order valence-electron chi connectivity index (χ1n) is 8.31. The lowest BCUT2D eigenvalue weighted by Gasteiger charge is -2.31. The van der Waals surface area contributed by atoms with E-state index in [0.29, 0.717) is 28.5 Å². The van der Waals surface area contributed by atoms with Crippen LogP contribution >= 0.6 is 0 Å². The van der Waals surface area contributed by atoms with E-state index in [-0.39, 0.29) is 5.91 Å². The molecule has 2 atom stereocenters. The molecule has 2 aromatic carbocycles. The highest BCUT2D eigenvalue weighted by Gasteiger charge is 2.34. The van der Waals surface area contributed by atoms with Crippen molar-refractivity contribution in [3.05, 3.63) is 54.7 Å². The predicted octanol–water partition coefficient (Wildman–Crippen LogP) is 3.41. The van der Waals surface area contributed by atoms with Gasteiger partial charge in [-0.2, -0.15) is 0 Å². The molecule has 0 saturated carbocycles. The molecule has 1 aromatic heterocycles. The third-order valence-electron chi connectivity index (χ3n) is 4.27. The van der Waals surface area contributed by atoms with E-state index in [0.717, 1.165) is 5.39 Å². The van der Waals surface area contributed by atoms with Crippen LogP contribution in [-0.2, 0) is 4.79 Å². The molecule has 3 aromatic rings. The molecular weight excluding hydrogens is 332 g/mol. The van der Waals surface area contributed by atoms with Crippen molar-refractivity contribution in [2.45, 2.75) is 19.1 Å². The normalized spacial score (nSPS) is 18.4. The average Bonchev–Trinajstić information content (AvgIpc) is 2.67. The maximum absolute atomic E-state index is 12.8. The third-order valence-corrected chi connectivity index (χ3v) is 4.27. The summed E-state index contributed by atoms with van der Waals surface area (Å²) in [5.41, 5.74) is 1.26. The van der Waals surface area contributed by atoms with Crippen LogP contribution in [0.4, 0.5) is 5.69 Å². The molecule has 26 heavy (non-hydrogen) atoms. The Kier molecular flexibility index (Phi) is 4.08. The van der Waals surface area contributed by atoms with Crippen LogP contribution in [0.5, 0.6) is 17.2 Å². The Morgan fingerprint density at radius 3 is 2.65 bits per heavy atom. The van der Waals surface area contributed by atoms with Crippen molar-refractivity contribution >= 4 is 22.5 Å². The number of benzene rings is 2. The van der Waals surface area contributed by atoms with Crippen LogP contribution < -0.4 is 19.5 Å². The smallest absolute Gasteiger partial charge is 0.269 e. The predicted molar refractivity (Wildman–Crippen MR) is 97.9 cm³/mol. The second-order valence-corrected chi connectivity index (χ2v) is 6.05. The Morgan fingerprint density at radius 2 is 1.88 bits per heavy atom. The fourth-order valence-electron chi connectivity index (χ4n) is 2.99. The first kappa shape index (κ1) is 16.2. The summed E-state index contributed by atoms with van der Waals surface area (Å²) in [6.45, 7) is 1.81. The molecular formula is C20H18N2O4. The highest BCUT2D eigenvalue weighted by molar-refractivity contribution is 6.03. The van der Waals surface area contributed by atoms with Gasteiger partial charge in [-0.15, -0.1) is 0 Å². The summed E-state index contributed by atoms with van der Waals surface area (Å²) in [5.74, 6) is 1.53. The number of carbonyl (C=O) groups is 1. The number of nitrogens with zero attached hydrogens (tertiary/aromatic N) is 1. The van der Waals surface area contributed by atoms with Gasteiger partial charge in [-0.05, 0) is 31.2 Å². The molecule has 2 heterocycles. The number of pyridine rings is 1. The van der Waals surface area contributed by atoms with Gasteiger partial charge in [-0.3, -0.25) is 9.78 Å². The molecule has 6 heteroatoms. The van der Waals surface area contributed by atoms with Crippen molar-refractivity contribution in [2.75, 3.05) is 12.4 Å². The maximum Gasteiger partial charge on any atom is 0.269 e. The van der Waals surface area contributed by atoms with Gasteiger partial charge in [0.25, 0.3) is 5.91 Å². The highest BCUT2D eigenvalue weighted by Crippen LogP contribution is 2.34. The van der Waals surface area contributed by atoms with E-state index < -0.39 is 12.2 Å². The third kappa shape index (κ3) is 2.90. The van der Waals surface area contributed by atoms with Crippen LogP contribution in [0, 0.1) is 0 Å². The Labute approximate surface area is 150 Å². The van der Waals surface area contributed by atoms with Gasteiger partial charge in [0.1, 0.15) is 11.9 Å². The van der Waals surface area contributed by atoms with Crippen molar-refractivity contribution in [3.63, 3.8) is 0 Å². The van der Waals surface area contributed by atoms with Gasteiger partial charge in [-0.1, -0.05) is 18.2 Å². The molecule has 1 amide bonds. The first-order valence-corrected chi connectivity index (χ1v) is 8.31. The number of ether oxygens (including phenoxy) is 3. The standard InChI is InChI=1S/C20H18N2O4/c1-12-19(26-17-8-4-3-7-16(17)25-12)20(23)22-15-11-14(24-2)10-13-6-5-9-21-18(13)15/h3-12,19H,1-2H3,(H,22,23). The number of nitrogens with one attached hydrogen (secondary N) is 1. The summed E-state index contributed by atoms with van der Waals surface area (Å²) >= 11 is 0. The Balaban J connectivity index is 1.64. The van der Waals surface area contributed by atoms with E-state index in [9.17, 15) is 4.79 Å². The summed E-state index contributed by atoms with van der Waals surface area (Å²) in [7, 11) is 1.58. The molecule has 4 rings (SSSR count). The zero-order chi connectivity index (χ0) is 18.1. The number of aromatic nitrogens is 1. The van der Waals surface area contributed by atoms with Gasteiger partial charge in [0, 0.05) is 17.6 Å². The second kappa shape index (κ2) is 6.55. The molecule has 6 nitrogen and oxygen atoms in total. The monoisotopic (exact) mass is 350 g/mol. The van der Waals surface area contributed by atoms with Gasteiger partial charge in [-0.25, -0.2) is 0 Å². The maximum atomic E-state index is 12.8. The van der Waals surface area contributed by atoms with Crippen LogP contribution in [0.2, 0.25) is 0 Å². The number of methoxy groups -OCH3 is 1. The molecule has 0 saturated heterocycles. The summed E-state index contributed by atoms with van der Waals surface area (Å²) in [6.07, 6.45) is 0.494. The van der Waals surface area contributed by atoms with Crippen LogP contribution in [0.1, 0.15) is 6.92 Å². The molecule has 1 N–H and O–H groups in total. The number of rotatable bonds is 3. The largest absolute Gasteiger partial charge is 0.497 e. The van der Waals surface area contributed by atoms with Gasteiger partial charge in [0.15, 0.2) is 11.5 Å². The zero-order valence-corrected chi connectivity index (χ0v) is 14.4. The Hall–Kier alpha value is -3.28. The minimum atomic E-state index is -0.769. The van der Waals surface area contributed by atoms with Crippen LogP contribution in [0.15, 0.2) is 54.7 Å². The van der Waals surface area contributed by atoms with Crippen molar-refractivity contribution in [3.8, 4) is 17.2 Å². The van der Waals surface area contributed by atoms with E-state index in [1.165, 1.54) is 0 Å². The van der Waals surface area contributed by atoms with E-state index in [4.69, 9.17) is 14.2 Å². The van der Waals surface area contributed by atoms with Gasteiger partial charge < -0.3 is 19.5 Å². The fourth-order valence-corrected chi connectivity index (χ4v) is 2.99. The number of anilines is 1. The number of para-hydroxylation sites is 2. The Morgan fingerprint density at radius 1 is 1.12 bits per heavy atom. The average molecular weight is 350 g/mol. The quantitative estimate of drug-likeness (QED) is 0.784. The second-order valence-electron chi connectivity index (χ2n) is 6.05. The fraction of sp³-hybridized carbons (Fsp3) is 0.200. The zero-order valence-electron chi connectivity index (χ0n) is 14.4.